The van der Waals surface area contributed by atoms with Gasteiger partial charge in [-0.2, -0.15) is 5.10 Å². The molecule has 0 amide bonds. The third kappa shape index (κ3) is 2.67. The first kappa shape index (κ1) is 15.1. The first-order valence-electron chi connectivity index (χ1n) is 7.89. The van der Waals surface area contributed by atoms with Crippen LogP contribution in [0.25, 0.3) is 22.0 Å². The van der Waals surface area contributed by atoms with Crippen molar-refractivity contribution in [1.29, 1.82) is 0 Å². The second-order valence-corrected chi connectivity index (χ2v) is 5.87. The number of nitrogens with one attached hydrogen (secondary N) is 2. The number of rotatable bonds is 3. The minimum Gasteiger partial charge on any atom is -0.438 e. The van der Waals surface area contributed by atoms with Crippen LogP contribution in [0.2, 0.25) is 0 Å². The highest BCUT2D eigenvalue weighted by Gasteiger charge is 2.11. The van der Waals surface area contributed by atoms with Crippen LogP contribution in [0.3, 0.4) is 0 Å². The molecule has 0 bridgehead atoms. The number of nitrogens with zero attached hydrogens (tertiary/aromatic N) is 2. The monoisotopic (exact) mass is 332 g/mol. The molecule has 0 aliphatic rings. The normalized spacial score (nSPS) is 11.0. The fourth-order valence-electron chi connectivity index (χ4n) is 2.88. The van der Waals surface area contributed by atoms with Crippen LogP contribution in [-0.4, -0.2) is 20.2 Å². The average molecular weight is 332 g/mol. The molecule has 124 valence electrons. The zero-order valence-corrected chi connectivity index (χ0v) is 13.8. The summed E-state index contributed by atoms with van der Waals surface area (Å²) in [5.74, 6) is 1.25. The molecule has 0 atom stereocenters. The summed E-state index contributed by atoms with van der Waals surface area (Å²) in [6, 6.07) is 9.58. The van der Waals surface area contributed by atoms with Crippen molar-refractivity contribution in [2.24, 2.45) is 0 Å². The Kier molecular flexibility index (Phi) is 3.57. The van der Waals surface area contributed by atoms with Crippen molar-refractivity contribution in [3.05, 3.63) is 70.4 Å². The lowest BCUT2D eigenvalue weighted by Gasteiger charge is -2.11. The molecule has 1 aromatic carbocycles. The van der Waals surface area contributed by atoms with Crippen LogP contribution in [0.5, 0.6) is 11.6 Å². The van der Waals surface area contributed by atoms with E-state index >= 15 is 0 Å². The number of hydrogen-bond donors (Lipinski definition) is 2. The SMILES string of the molecule is Cc1cc(Oc2nccc3[nH]ccc23)ccc1-c1cn[nH]c(=O)c1C. The molecule has 6 nitrogen and oxygen atoms in total. The Bertz CT molecular complexity index is 1130. The highest BCUT2D eigenvalue weighted by molar-refractivity contribution is 5.84. The highest BCUT2D eigenvalue weighted by Crippen LogP contribution is 2.31. The third-order valence-electron chi connectivity index (χ3n) is 4.25. The predicted octanol–water partition coefficient (Wildman–Crippen LogP) is 3.72. The highest BCUT2D eigenvalue weighted by atomic mass is 16.5. The van der Waals surface area contributed by atoms with Gasteiger partial charge in [-0.05, 0) is 49.2 Å². The smallest absolute Gasteiger partial charge is 0.267 e. The van der Waals surface area contributed by atoms with Crippen molar-refractivity contribution in [2.45, 2.75) is 13.8 Å². The zero-order chi connectivity index (χ0) is 17.4. The Morgan fingerprint density at radius 2 is 1.96 bits per heavy atom. The fourth-order valence-corrected chi connectivity index (χ4v) is 2.88. The van der Waals surface area contributed by atoms with E-state index in [1.807, 2.05) is 43.5 Å². The largest absolute Gasteiger partial charge is 0.438 e. The molecule has 0 radical (unpaired) electrons. The van der Waals surface area contributed by atoms with Gasteiger partial charge in [0.05, 0.1) is 17.1 Å². The van der Waals surface area contributed by atoms with Gasteiger partial charge in [0.2, 0.25) is 5.88 Å². The third-order valence-corrected chi connectivity index (χ3v) is 4.25. The van der Waals surface area contributed by atoms with Gasteiger partial charge in [-0.3, -0.25) is 4.79 Å². The summed E-state index contributed by atoms with van der Waals surface area (Å²) in [5, 5.41) is 7.27. The van der Waals surface area contributed by atoms with Gasteiger partial charge >= 0.3 is 0 Å². The lowest BCUT2D eigenvalue weighted by Crippen LogP contribution is -2.12. The van der Waals surface area contributed by atoms with Crippen LogP contribution >= 0.6 is 0 Å². The van der Waals surface area contributed by atoms with E-state index in [2.05, 4.69) is 20.2 Å². The van der Waals surface area contributed by atoms with E-state index in [0.717, 1.165) is 27.6 Å². The predicted molar refractivity (Wildman–Crippen MR) is 95.9 cm³/mol. The molecule has 3 aromatic heterocycles. The van der Waals surface area contributed by atoms with Crippen LogP contribution in [0, 0.1) is 13.8 Å². The second kappa shape index (κ2) is 5.90. The van der Waals surface area contributed by atoms with Crippen molar-refractivity contribution in [3.63, 3.8) is 0 Å². The van der Waals surface area contributed by atoms with E-state index in [-0.39, 0.29) is 5.56 Å². The molecular weight excluding hydrogens is 316 g/mol. The summed E-state index contributed by atoms with van der Waals surface area (Å²) in [7, 11) is 0. The maximum absolute atomic E-state index is 11.8. The molecule has 25 heavy (non-hydrogen) atoms. The van der Waals surface area contributed by atoms with Gasteiger partial charge in [-0.15, -0.1) is 0 Å². The molecule has 4 rings (SSSR count). The number of fused-ring (bicyclic) bond motifs is 1. The molecule has 0 unspecified atom stereocenters. The van der Waals surface area contributed by atoms with E-state index < -0.39 is 0 Å². The van der Waals surface area contributed by atoms with Crippen LogP contribution in [0.1, 0.15) is 11.1 Å². The van der Waals surface area contributed by atoms with E-state index in [4.69, 9.17) is 4.74 Å². The second-order valence-electron chi connectivity index (χ2n) is 5.87. The summed E-state index contributed by atoms with van der Waals surface area (Å²) in [5.41, 5.74) is 4.21. The van der Waals surface area contributed by atoms with Crippen LogP contribution in [-0.2, 0) is 0 Å². The van der Waals surface area contributed by atoms with Crippen molar-refractivity contribution >= 4 is 10.9 Å². The molecule has 0 aliphatic carbocycles. The van der Waals surface area contributed by atoms with Crippen LogP contribution in [0.15, 0.2) is 53.7 Å². The number of aromatic amines is 2. The molecule has 0 fully saturated rings. The van der Waals surface area contributed by atoms with E-state index in [0.29, 0.717) is 17.2 Å². The maximum Gasteiger partial charge on any atom is 0.267 e. The first-order chi connectivity index (χ1) is 12.1. The van der Waals surface area contributed by atoms with Gasteiger partial charge < -0.3 is 9.72 Å². The lowest BCUT2D eigenvalue weighted by molar-refractivity contribution is 0.469. The molecule has 2 N–H and O–H groups in total. The van der Waals surface area contributed by atoms with Gasteiger partial charge in [-0.25, -0.2) is 10.1 Å². The van der Waals surface area contributed by atoms with Crippen LogP contribution in [0.4, 0.5) is 0 Å². The summed E-state index contributed by atoms with van der Waals surface area (Å²) < 4.78 is 5.96. The Hall–Kier alpha value is -3.41. The Morgan fingerprint density at radius 3 is 2.80 bits per heavy atom. The number of aromatic nitrogens is 4. The quantitative estimate of drug-likeness (QED) is 0.599. The summed E-state index contributed by atoms with van der Waals surface area (Å²) in [6.45, 7) is 3.77. The topological polar surface area (TPSA) is 83.7 Å². The minimum atomic E-state index is -0.180. The van der Waals surface area contributed by atoms with Gasteiger partial charge in [0.1, 0.15) is 5.75 Å². The summed E-state index contributed by atoms with van der Waals surface area (Å²) in [6.07, 6.45) is 5.23. The van der Waals surface area contributed by atoms with Crippen molar-refractivity contribution in [2.75, 3.05) is 0 Å². The molecule has 0 aliphatic heterocycles. The maximum atomic E-state index is 11.8. The number of benzene rings is 1. The summed E-state index contributed by atoms with van der Waals surface area (Å²) in [4.78, 5) is 19.2. The number of H-pyrrole nitrogens is 2. The number of hydrogen-bond acceptors (Lipinski definition) is 4. The van der Waals surface area contributed by atoms with Gasteiger partial charge in [0.25, 0.3) is 5.56 Å². The first-order valence-corrected chi connectivity index (χ1v) is 7.89. The van der Waals surface area contributed by atoms with Gasteiger partial charge in [0.15, 0.2) is 0 Å². The Balaban J connectivity index is 1.72. The zero-order valence-electron chi connectivity index (χ0n) is 13.8. The molecule has 3 heterocycles. The standard InChI is InChI=1S/C19H16N4O2/c1-11-9-13(25-19-15-5-7-20-17(15)6-8-21-19)3-4-14(11)16-10-22-23-18(24)12(16)2/h3-10,20H,1-2H3,(H,23,24). The molecule has 0 saturated heterocycles. The fraction of sp³-hybridized carbons (Fsp3) is 0.105. The van der Waals surface area contributed by atoms with E-state index in [1.165, 1.54) is 0 Å². The van der Waals surface area contributed by atoms with Gasteiger partial charge in [0, 0.05) is 23.5 Å². The summed E-state index contributed by atoms with van der Waals surface area (Å²) >= 11 is 0. The minimum absolute atomic E-state index is 0.180. The molecule has 0 spiro atoms. The van der Waals surface area contributed by atoms with Crippen molar-refractivity contribution in [1.82, 2.24) is 20.2 Å². The van der Waals surface area contributed by atoms with Gasteiger partial charge in [-0.1, -0.05) is 6.07 Å². The van der Waals surface area contributed by atoms with E-state index in [1.54, 1.807) is 19.3 Å². The van der Waals surface area contributed by atoms with E-state index in [9.17, 15) is 4.79 Å². The average Bonchev–Trinajstić information content (AvgIpc) is 3.08. The Labute approximate surface area is 143 Å². The molecular formula is C19H16N4O2. The van der Waals surface area contributed by atoms with Crippen molar-refractivity contribution in [3.8, 4) is 22.8 Å². The lowest BCUT2D eigenvalue weighted by atomic mass is 9.99. The number of pyridine rings is 1. The molecule has 0 saturated carbocycles. The Morgan fingerprint density at radius 1 is 1.08 bits per heavy atom. The van der Waals surface area contributed by atoms with Crippen molar-refractivity contribution < 1.29 is 4.74 Å². The van der Waals surface area contributed by atoms with Crippen LogP contribution < -0.4 is 10.3 Å². The number of ether oxygens (including phenoxy) is 1. The number of aryl methyl sites for hydroxylation is 1. The molecule has 6 heteroatoms. The molecule has 4 aromatic rings.